The molecule has 1 fully saturated rings. The summed E-state index contributed by atoms with van der Waals surface area (Å²) < 4.78 is 0. The molecule has 0 bridgehead atoms. The van der Waals surface area contributed by atoms with Gasteiger partial charge in [0.05, 0.1) is 6.54 Å². The first-order valence-electron chi connectivity index (χ1n) is 11.2. The van der Waals surface area contributed by atoms with Gasteiger partial charge in [0.2, 0.25) is 5.91 Å². The van der Waals surface area contributed by atoms with Crippen molar-refractivity contribution < 1.29 is 19.5 Å². The van der Waals surface area contributed by atoms with Crippen LogP contribution in [0.5, 0.6) is 0 Å². The summed E-state index contributed by atoms with van der Waals surface area (Å²) in [7, 11) is 3.46. The van der Waals surface area contributed by atoms with Gasteiger partial charge in [-0.15, -0.1) is 0 Å². The standard InChI is InChI=1S/C25H29N5O4/c1-28(2)22(31)16-29-10-12-30(13-11-29)23(25(33)34)20-15-26-21-9-8-18(14-19(20)21)27-24(32)17-6-4-3-5-7-17/h3-9,14-15,23,26H,10-13,16H2,1-2H3,(H,27,32)(H,33,34)/t23-/m1/s1. The van der Waals surface area contributed by atoms with Gasteiger partial charge in [0.1, 0.15) is 6.04 Å². The van der Waals surface area contributed by atoms with E-state index < -0.39 is 12.0 Å². The monoisotopic (exact) mass is 463 g/mol. The van der Waals surface area contributed by atoms with Gasteiger partial charge in [-0.05, 0) is 30.3 Å². The van der Waals surface area contributed by atoms with E-state index in [1.807, 2.05) is 28.0 Å². The van der Waals surface area contributed by atoms with E-state index in [-0.39, 0.29) is 11.8 Å². The number of carboxylic acid groups (broad SMARTS) is 1. The Kier molecular flexibility index (Phi) is 6.95. The summed E-state index contributed by atoms with van der Waals surface area (Å²) in [5, 5.41) is 13.7. The molecule has 9 nitrogen and oxygen atoms in total. The zero-order chi connectivity index (χ0) is 24.2. The topological polar surface area (TPSA) is 109 Å². The van der Waals surface area contributed by atoms with Crippen LogP contribution in [0.15, 0.2) is 54.7 Å². The van der Waals surface area contributed by atoms with E-state index in [1.165, 1.54) is 0 Å². The summed E-state index contributed by atoms with van der Waals surface area (Å²) in [6, 6.07) is 13.5. The predicted octanol–water partition coefficient (Wildman–Crippen LogP) is 2.25. The number of aromatic amines is 1. The van der Waals surface area contributed by atoms with Crippen LogP contribution in [-0.2, 0) is 9.59 Å². The number of rotatable bonds is 7. The first kappa shape index (κ1) is 23.5. The van der Waals surface area contributed by atoms with Crippen molar-refractivity contribution in [2.75, 3.05) is 52.1 Å². The minimum atomic E-state index is -0.933. The lowest BCUT2D eigenvalue weighted by Crippen LogP contribution is -2.51. The number of carboxylic acids is 1. The summed E-state index contributed by atoms with van der Waals surface area (Å²) in [5.41, 5.74) is 2.59. The summed E-state index contributed by atoms with van der Waals surface area (Å²) in [6.07, 6.45) is 1.73. The van der Waals surface area contributed by atoms with E-state index >= 15 is 0 Å². The smallest absolute Gasteiger partial charge is 0.325 e. The van der Waals surface area contributed by atoms with Crippen molar-refractivity contribution in [1.29, 1.82) is 0 Å². The van der Waals surface area contributed by atoms with Gasteiger partial charge in [0.25, 0.3) is 5.91 Å². The zero-order valence-corrected chi connectivity index (χ0v) is 19.3. The van der Waals surface area contributed by atoms with Crippen LogP contribution in [0.2, 0.25) is 0 Å². The van der Waals surface area contributed by atoms with Gasteiger partial charge in [-0.3, -0.25) is 24.2 Å². The van der Waals surface area contributed by atoms with Crippen LogP contribution >= 0.6 is 0 Å². The van der Waals surface area contributed by atoms with E-state index in [4.69, 9.17) is 0 Å². The maximum Gasteiger partial charge on any atom is 0.325 e. The van der Waals surface area contributed by atoms with Gasteiger partial charge in [0.15, 0.2) is 0 Å². The number of carbonyl (C=O) groups excluding carboxylic acids is 2. The minimum Gasteiger partial charge on any atom is -0.480 e. The van der Waals surface area contributed by atoms with Gasteiger partial charge < -0.3 is 20.3 Å². The Bertz CT molecular complexity index is 1180. The summed E-state index contributed by atoms with van der Waals surface area (Å²) in [4.78, 5) is 45.6. The van der Waals surface area contributed by atoms with Gasteiger partial charge in [-0.2, -0.15) is 0 Å². The highest BCUT2D eigenvalue weighted by Gasteiger charge is 2.32. The Morgan fingerprint density at radius 1 is 1.06 bits per heavy atom. The fraction of sp³-hybridized carbons (Fsp3) is 0.320. The number of benzene rings is 2. The Labute approximate surface area is 197 Å². The van der Waals surface area contributed by atoms with Gasteiger partial charge >= 0.3 is 5.97 Å². The molecule has 0 saturated carbocycles. The third kappa shape index (κ3) is 5.11. The van der Waals surface area contributed by atoms with Crippen LogP contribution in [0.25, 0.3) is 10.9 Å². The molecule has 178 valence electrons. The first-order chi connectivity index (χ1) is 16.3. The molecule has 1 aromatic heterocycles. The molecule has 1 aliphatic heterocycles. The second-order valence-electron chi connectivity index (χ2n) is 8.67. The number of carbonyl (C=O) groups is 3. The highest BCUT2D eigenvalue weighted by Crippen LogP contribution is 2.31. The Morgan fingerprint density at radius 3 is 2.41 bits per heavy atom. The lowest BCUT2D eigenvalue weighted by Gasteiger charge is -2.37. The number of hydrogen-bond donors (Lipinski definition) is 3. The molecule has 3 aromatic rings. The quantitative estimate of drug-likeness (QED) is 0.496. The van der Waals surface area contributed by atoms with Crippen molar-refractivity contribution in [1.82, 2.24) is 19.7 Å². The van der Waals surface area contributed by atoms with Crippen molar-refractivity contribution in [3.63, 3.8) is 0 Å². The maximum atomic E-state index is 12.6. The molecule has 9 heteroatoms. The lowest BCUT2D eigenvalue weighted by atomic mass is 10.0. The third-order valence-electron chi connectivity index (χ3n) is 6.17. The normalized spacial score (nSPS) is 15.7. The molecular formula is C25H29N5O4. The molecule has 0 radical (unpaired) electrons. The SMILES string of the molecule is CN(C)C(=O)CN1CCN([C@@H](C(=O)O)c2c[nH]c3ccc(NC(=O)c4ccccc4)cc23)CC1. The average Bonchev–Trinajstić information content (AvgIpc) is 3.23. The number of H-pyrrole nitrogens is 1. The van der Waals surface area contributed by atoms with Crippen molar-refractivity contribution in [2.24, 2.45) is 0 Å². The van der Waals surface area contributed by atoms with Crippen LogP contribution in [0, 0.1) is 0 Å². The van der Waals surface area contributed by atoms with Gasteiger partial charge in [0, 0.05) is 74.2 Å². The number of nitrogens with one attached hydrogen (secondary N) is 2. The fourth-order valence-corrected chi connectivity index (χ4v) is 4.24. The van der Waals surface area contributed by atoms with E-state index in [9.17, 15) is 19.5 Å². The highest BCUT2D eigenvalue weighted by molar-refractivity contribution is 6.05. The van der Waals surface area contributed by atoms with Crippen LogP contribution in [0.4, 0.5) is 5.69 Å². The Morgan fingerprint density at radius 2 is 1.76 bits per heavy atom. The summed E-state index contributed by atoms with van der Waals surface area (Å²) in [5.74, 6) is -1.13. The van der Waals surface area contributed by atoms with Gasteiger partial charge in [-0.1, -0.05) is 18.2 Å². The van der Waals surface area contributed by atoms with Crippen LogP contribution in [0.3, 0.4) is 0 Å². The number of likely N-dealkylation sites (N-methyl/N-ethyl adjacent to an activating group) is 1. The molecule has 2 amide bonds. The summed E-state index contributed by atoms with van der Waals surface area (Å²) in [6.45, 7) is 2.63. The van der Waals surface area contributed by atoms with E-state index in [0.29, 0.717) is 49.5 Å². The molecule has 0 aliphatic carbocycles. The molecule has 1 saturated heterocycles. The largest absolute Gasteiger partial charge is 0.480 e. The first-order valence-corrected chi connectivity index (χ1v) is 11.2. The second kappa shape index (κ2) is 10.1. The predicted molar refractivity (Wildman–Crippen MR) is 130 cm³/mol. The van der Waals surface area contributed by atoms with Crippen LogP contribution in [0.1, 0.15) is 22.0 Å². The Balaban J connectivity index is 1.52. The van der Waals surface area contributed by atoms with Crippen molar-refractivity contribution in [3.05, 3.63) is 65.9 Å². The number of amides is 2. The highest BCUT2D eigenvalue weighted by atomic mass is 16.4. The van der Waals surface area contributed by atoms with Crippen LogP contribution < -0.4 is 5.32 Å². The molecular weight excluding hydrogens is 434 g/mol. The maximum absolute atomic E-state index is 12.6. The lowest BCUT2D eigenvalue weighted by molar-refractivity contribution is -0.145. The number of hydrogen-bond acceptors (Lipinski definition) is 5. The number of aromatic nitrogens is 1. The van der Waals surface area contributed by atoms with Crippen molar-refractivity contribution in [2.45, 2.75) is 6.04 Å². The molecule has 2 heterocycles. The van der Waals surface area contributed by atoms with Crippen LogP contribution in [-0.4, -0.2) is 89.4 Å². The third-order valence-corrected chi connectivity index (χ3v) is 6.17. The van der Waals surface area contributed by atoms with E-state index in [2.05, 4.69) is 10.3 Å². The molecule has 2 aromatic carbocycles. The second-order valence-corrected chi connectivity index (χ2v) is 8.67. The Hall–Kier alpha value is -3.69. The summed E-state index contributed by atoms with van der Waals surface area (Å²) >= 11 is 0. The van der Waals surface area contributed by atoms with E-state index in [1.54, 1.807) is 55.5 Å². The molecule has 34 heavy (non-hydrogen) atoms. The van der Waals surface area contributed by atoms with Crippen molar-refractivity contribution in [3.8, 4) is 0 Å². The number of piperazine rings is 1. The molecule has 4 rings (SSSR count). The minimum absolute atomic E-state index is 0.0324. The fourth-order valence-electron chi connectivity index (χ4n) is 4.24. The van der Waals surface area contributed by atoms with Gasteiger partial charge in [-0.25, -0.2) is 0 Å². The number of anilines is 1. The molecule has 3 N–H and O–H groups in total. The zero-order valence-electron chi connectivity index (χ0n) is 19.3. The number of fused-ring (bicyclic) bond motifs is 1. The van der Waals surface area contributed by atoms with E-state index in [0.717, 1.165) is 10.9 Å². The number of aliphatic carboxylic acids is 1. The molecule has 1 aliphatic rings. The average molecular weight is 464 g/mol. The molecule has 0 spiro atoms. The number of nitrogens with zero attached hydrogens (tertiary/aromatic N) is 3. The molecule has 0 unspecified atom stereocenters. The molecule has 1 atom stereocenters. The van der Waals surface area contributed by atoms with Crippen molar-refractivity contribution >= 4 is 34.4 Å².